The number of halogens is 3. The standard InChI is InChI=1S/C28H30Cl3N3O5S/c1-5-24(28(36)32-3)33(16-19-8-9-20(29)14-23(19)31)27(35)17-34(25-15-21(30)10-13-26(25)39-4)40(37,38)22-11-6-18(2)7-12-22/h6-15,24H,5,16-17H2,1-4H3,(H,32,36). The Bertz CT molecular complexity index is 1480. The Labute approximate surface area is 249 Å². The lowest BCUT2D eigenvalue weighted by Gasteiger charge is -2.33. The Morgan fingerprint density at radius 3 is 2.17 bits per heavy atom. The number of anilines is 1. The molecule has 0 fully saturated rings. The predicted molar refractivity (Wildman–Crippen MR) is 159 cm³/mol. The second kappa shape index (κ2) is 13.6. The van der Waals surface area contributed by atoms with E-state index in [0.717, 1.165) is 9.87 Å². The highest BCUT2D eigenvalue weighted by Crippen LogP contribution is 2.35. The van der Waals surface area contributed by atoms with Gasteiger partial charge in [0, 0.05) is 28.7 Å². The lowest BCUT2D eigenvalue weighted by Crippen LogP contribution is -2.51. The van der Waals surface area contributed by atoms with Gasteiger partial charge in [-0.15, -0.1) is 0 Å². The van der Waals surface area contributed by atoms with Crippen molar-refractivity contribution in [2.75, 3.05) is 25.0 Å². The number of carbonyl (C=O) groups excluding carboxylic acids is 2. The molecule has 0 aromatic heterocycles. The first-order valence-corrected chi connectivity index (χ1v) is 14.9. The summed E-state index contributed by atoms with van der Waals surface area (Å²) in [5.74, 6) is -0.855. The largest absolute Gasteiger partial charge is 0.495 e. The van der Waals surface area contributed by atoms with Crippen LogP contribution in [0.25, 0.3) is 0 Å². The Morgan fingerprint density at radius 2 is 1.60 bits per heavy atom. The maximum Gasteiger partial charge on any atom is 0.264 e. The number of likely N-dealkylation sites (N-methyl/N-ethyl adjacent to an activating group) is 1. The molecule has 0 saturated heterocycles. The van der Waals surface area contributed by atoms with Gasteiger partial charge < -0.3 is 15.0 Å². The molecular formula is C28H30Cl3N3O5S. The average molecular weight is 627 g/mol. The molecule has 0 heterocycles. The van der Waals surface area contributed by atoms with Crippen LogP contribution < -0.4 is 14.4 Å². The Hall–Kier alpha value is -2.98. The van der Waals surface area contributed by atoms with E-state index in [9.17, 15) is 18.0 Å². The lowest BCUT2D eigenvalue weighted by atomic mass is 10.1. The van der Waals surface area contributed by atoms with Crippen molar-refractivity contribution < 1.29 is 22.7 Å². The highest BCUT2D eigenvalue weighted by atomic mass is 35.5. The number of aryl methyl sites for hydroxylation is 1. The van der Waals surface area contributed by atoms with Crippen LogP contribution in [0.15, 0.2) is 65.6 Å². The Kier molecular flexibility index (Phi) is 10.7. The molecule has 0 radical (unpaired) electrons. The van der Waals surface area contributed by atoms with Crippen LogP contribution in [0.1, 0.15) is 24.5 Å². The monoisotopic (exact) mass is 625 g/mol. The summed E-state index contributed by atoms with van der Waals surface area (Å²) in [6.45, 7) is 2.88. The molecule has 1 atom stereocenters. The molecule has 0 aliphatic heterocycles. The van der Waals surface area contributed by atoms with Crippen LogP contribution in [0.2, 0.25) is 15.1 Å². The molecule has 40 heavy (non-hydrogen) atoms. The third-order valence-corrected chi connectivity index (χ3v) is 8.88. The smallest absolute Gasteiger partial charge is 0.264 e. The number of nitrogens with one attached hydrogen (secondary N) is 1. The van der Waals surface area contributed by atoms with Crippen molar-refractivity contribution in [1.29, 1.82) is 0 Å². The zero-order valence-corrected chi connectivity index (χ0v) is 25.5. The van der Waals surface area contributed by atoms with Crippen molar-refractivity contribution in [3.05, 3.63) is 86.9 Å². The van der Waals surface area contributed by atoms with E-state index in [2.05, 4.69) is 5.32 Å². The van der Waals surface area contributed by atoms with Crippen LogP contribution in [-0.2, 0) is 26.2 Å². The van der Waals surface area contributed by atoms with E-state index in [-0.39, 0.29) is 34.3 Å². The van der Waals surface area contributed by atoms with Crippen LogP contribution in [0.3, 0.4) is 0 Å². The number of ether oxygens (including phenoxy) is 1. The van der Waals surface area contributed by atoms with Gasteiger partial charge in [-0.2, -0.15) is 0 Å². The average Bonchev–Trinajstić information content (AvgIpc) is 2.92. The summed E-state index contributed by atoms with van der Waals surface area (Å²) in [5.41, 5.74) is 1.47. The first-order chi connectivity index (χ1) is 18.9. The van der Waals surface area contributed by atoms with Crippen molar-refractivity contribution >= 4 is 62.3 Å². The van der Waals surface area contributed by atoms with E-state index in [1.807, 2.05) is 6.92 Å². The van der Waals surface area contributed by atoms with Gasteiger partial charge in [-0.3, -0.25) is 13.9 Å². The highest BCUT2D eigenvalue weighted by Gasteiger charge is 2.35. The maximum atomic E-state index is 14.0. The van der Waals surface area contributed by atoms with E-state index in [1.54, 1.807) is 37.3 Å². The molecule has 214 valence electrons. The molecule has 8 nitrogen and oxygen atoms in total. The number of carbonyl (C=O) groups is 2. The molecule has 0 aliphatic rings. The molecule has 0 bridgehead atoms. The fourth-order valence-corrected chi connectivity index (χ4v) is 6.18. The SMILES string of the molecule is CCC(C(=O)NC)N(Cc1ccc(Cl)cc1Cl)C(=O)CN(c1cc(Cl)ccc1OC)S(=O)(=O)c1ccc(C)cc1. The predicted octanol–water partition coefficient (Wildman–Crippen LogP) is 5.71. The van der Waals surface area contributed by atoms with Crippen molar-refractivity contribution in [3.8, 4) is 5.75 Å². The minimum atomic E-state index is -4.29. The zero-order valence-electron chi connectivity index (χ0n) is 22.4. The van der Waals surface area contributed by atoms with Gasteiger partial charge in [-0.05, 0) is 61.4 Å². The Balaban J connectivity index is 2.15. The quantitative estimate of drug-likeness (QED) is 0.294. The van der Waals surface area contributed by atoms with E-state index in [0.29, 0.717) is 15.6 Å². The fourth-order valence-electron chi connectivity index (χ4n) is 4.13. The van der Waals surface area contributed by atoms with Gasteiger partial charge in [-0.1, -0.05) is 65.5 Å². The molecule has 3 aromatic carbocycles. The number of nitrogens with zero attached hydrogens (tertiary/aromatic N) is 2. The first-order valence-electron chi connectivity index (χ1n) is 12.3. The number of hydrogen-bond acceptors (Lipinski definition) is 5. The van der Waals surface area contributed by atoms with E-state index >= 15 is 0 Å². The molecule has 12 heteroatoms. The summed E-state index contributed by atoms with van der Waals surface area (Å²) >= 11 is 18.7. The molecule has 0 saturated carbocycles. The van der Waals surface area contributed by atoms with Gasteiger partial charge in [0.1, 0.15) is 18.3 Å². The van der Waals surface area contributed by atoms with Crippen molar-refractivity contribution in [2.45, 2.75) is 37.8 Å². The second-order valence-electron chi connectivity index (χ2n) is 8.94. The first kappa shape index (κ1) is 31.5. The fraction of sp³-hybridized carbons (Fsp3) is 0.286. The van der Waals surface area contributed by atoms with Crippen LogP contribution >= 0.6 is 34.8 Å². The topological polar surface area (TPSA) is 96.0 Å². The third-order valence-electron chi connectivity index (χ3n) is 6.29. The minimum absolute atomic E-state index is 0.0291. The second-order valence-corrected chi connectivity index (χ2v) is 12.1. The summed E-state index contributed by atoms with van der Waals surface area (Å²) in [7, 11) is -1.44. The number of benzene rings is 3. The summed E-state index contributed by atoms with van der Waals surface area (Å²) in [5, 5.41) is 3.54. The summed E-state index contributed by atoms with van der Waals surface area (Å²) in [4.78, 5) is 28.2. The van der Waals surface area contributed by atoms with Crippen LogP contribution in [0, 0.1) is 6.92 Å². The Morgan fingerprint density at radius 1 is 0.975 bits per heavy atom. The number of rotatable bonds is 11. The third kappa shape index (κ3) is 7.20. The normalized spacial score (nSPS) is 12.0. The summed E-state index contributed by atoms with van der Waals surface area (Å²) in [6.07, 6.45) is 0.266. The molecule has 2 amide bonds. The van der Waals surface area contributed by atoms with Crippen LogP contribution in [-0.4, -0.2) is 51.9 Å². The minimum Gasteiger partial charge on any atom is -0.495 e. The summed E-state index contributed by atoms with van der Waals surface area (Å²) < 4.78 is 34.4. The number of amides is 2. The van der Waals surface area contributed by atoms with Crippen molar-refractivity contribution in [2.24, 2.45) is 0 Å². The zero-order chi connectivity index (χ0) is 29.6. The lowest BCUT2D eigenvalue weighted by molar-refractivity contribution is -0.140. The molecular weight excluding hydrogens is 597 g/mol. The van der Waals surface area contributed by atoms with E-state index in [4.69, 9.17) is 39.5 Å². The van der Waals surface area contributed by atoms with Gasteiger partial charge in [0.05, 0.1) is 17.7 Å². The molecule has 3 aromatic rings. The van der Waals surface area contributed by atoms with Crippen LogP contribution in [0.5, 0.6) is 5.75 Å². The van der Waals surface area contributed by atoms with Crippen molar-refractivity contribution in [3.63, 3.8) is 0 Å². The number of methoxy groups -OCH3 is 1. The van der Waals surface area contributed by atoms with E-state index in [1.165, 1.54) is 49.4 Å². The van der Waals surface area contributed by atoms with Gasteiger partial charge in [0.15, 0.2) is 0 Å². The van der Waals surface area contributed by atoms with Gasteiger partial charge in [-0.25, -0.2) is 8.42 Å². The highest BCUT2D eigenvalue weighted by molar-refractivity contribution is 7.92. The van der Waals surface area contributed by atoms with Gasteiger partial charge in [0.25, 0.3) is 10.0 Å². The van der Waals surface area contributed by atoms with Gasteiger partial charge in [0.2, 0.25) is 11.8 Å². The summed E-state index contributed by atoms with van der Waals surface area (Å²) in [6, 6.07) is 14.6. The molecule has 3 rings (SSSR count). The van der Waals surface area contributed by atoms with Crippen LogP contribution in [0.4, 0.5) is 5.69 Å². The number of sulfonamides is 1. The van der Waals surface area contributed by atoms with Crippen molar-refractivity contribution in [1.82, 2.24) is 10.2 Å². The molecule has 1 N–H and O–H groups in total. The number of hydrogen-bond donors (Lipinski definition) is 1. The molecule has 0 aliphatic carbocycles. The maximum absolute atomic E-state index is 14.0. The molecule has 0 spiro atoms. The van der Waals surface area contributed by atoms with Gasteiger partial charge >= 0.3 is 0 Å². The van der Waals surface area contributed by atoms with E-state index < -0.39 is 34.4 Å². The molecule has 1 unspecified atom stereocenters.